The molecule has 0 aromatic carbocycles. The Hall–Kier alpha value is -1.37. The van der Waals surface area contributed by atoms with Gasteiger partial charge in [-0.05, 0) is 30.5 Å². The van der Waals surface area contributed by atoms with Crippen molar-refractivity contribution >= 4 is 6.08 Å². The monoisotopic (exact) mass is 219 g/mol. The summed E-state index contributed by atoms with van der Waals surface area (Å²) < 4.78 is 0. The molecule has 0 saturated carbocycles. The molecule has 0 radical (unpaired) electrons. The molecule has 1 aromatic rings. The van der Waals surface area contributed by atoms with Gasteiger partial charge < -0.3 is 0 Å². The van der Waals surface area contributed by atoms with Crippen molar-refractivity contribution in [2.75, 3.05) is 0 Å². The SMILES string of the molecule is C=C/C=C\c1cncc(C)c1C.CC.CC. The van der Waals surface area contributed by atoms with Gasteiger partial charge in [-0.2, -0.15) is 0 Å². The Morgan fingerprint density at radius 1 is 1.06 bits per heavy atom. The first-order valence-electron chi connectivity index (χ1n) is 5.96. The van der Waals surface area contributed by atoms with E-state index in [9.17, 15) is 0 Å². The second-order valence-corrected chi connectivity index (χ2v) is 2.77. The Balaban J connectivity index is 0. The fourth-order valence-corrected chi connectivity index (χ4v) is 0.990. The van der Waals surface area contributed by atoms with Crippen LogP contribution in [0.3, 0.4) is 0 Å². The number of hydrogen-bond donors (Lipinski definition) is 0. The molecule has 0 aliphatic heterocycles. The first-order valence-corrected chi connectivity index (χ1v) is 5.96. The Labute approximate surface area is 101 Å². The summed E-state index contributed by atoms with van der Waals surface area (Å²) >= 11 is 0. The molecular weight excluding hydrogens is 194 g/mol. The van der Waals surface area contributed by atoms with Gasteiger partial charge in [0.1, 0.15) is 0 Å². The minimum atomic E-state index is 1.16. The van der Waals surface area contributed by atoms with Gasteiger partial charge in [0.05, 0.1) is 0 Å². The van der Waals surface area contributed by atoms with Crippen molar-refractivity contribution in [3.8, 4) is 0 Å². The summed E-state index contributed by atoms with van der Waals surface area (Å²) in [6, 6.07) is 0. The molecule has 1 aromatic heterocycles. The first kappa shape index (κ1) is 17.0. The first-order chi connectivity index (χ1) is 7.75. The van der Waals surface area contributed by atoms with Crippen LogP contribution in [0.5, 0.6) is 0 Å². The molecule has 0 N–H and O–H groups in total. The molecule has 0 unspecified atom stereocenters. The van der Waals surface area contributed by atoms with E-state index in [1.165, 1.54) is 11.1 Å². The molecule has 0 saturated heterocycles. The lowest BCUT2D eigenvalue weighted by Gasteiger charge is -2.01. The fourth-order valence-electron chi connectivity index (χ4n) is 0.990. The van der Waals surface area contributed by atoms with Crippen LogP contribution < -0.4 is 0 Å². The summed E-state index contributed by atoms with van der Waals surface area (Å²) in [5.41, 5.74) is 3.67. The standard InChI is InChI=1S/C11H13N.2C2H6/c1-4-5-6-11-8-12-7-9(2)10(11)3;2*1-2/h4-8H,1H2,2-3H3;2*1-2H3/b6-5-;;. The van der Waals surface area contributed by atoms with Crippen molar-refractivity contribution in [1.29, 1.82) is 0 Å². The summed E-state index contributed by atoms with van der Waals surface area (Å²) in [5, 5.41) is 0. The highest BCUT2D eigenvalue weighted by molar-refractivity contribution is 5.55. The largest absolute Gasteiger partial charge is 0.264 e. The number of rotatable bonds is 2. The lowest BCUT2D eigenvalue weighted by atomic mass is 10.1. The second kappa shape index (κ2) is 11.7. The van der Waals surface area contributed by atoms with Crippen molar-refractivity contribution in [3.05, 3.63) is 47.8 Å². The Morgan fingerprint density at radius 2 is 1.62 bits per heavy atom. The average Bonchev–Trinajstić information content (AvgIpc) is 2.36. The highest BCUT2D eigenvalue weighted by Gasteiger charge is 1.95. The molecule has 0 bridgehead atoms. The van der Waals surface area contributed by atoms with Gasteiger partial charge in [-0.3, -0.25) is 4.98 Å². The third-order valence-electron chi connectivity index (χ3n) is 1.92. The van der Waals surface area contributed by atoms with Crippen LogP contribution in [0.15, 0.2) is 31.1 Å². The molecule has 1 nitrogen and oxygen atoms in total. The van der Waals surface area contributed by atoms with Gasteiger partial charge in [0.15, 0.2) is 0 Å². The Kier molecular flexibility index (Phi) is 12.5. The van der Waals surface area contributed by atoms with Crippen molar-refractivity contribution < 1.29 is 0 Å². The van der Waals surface area contributed by atoms with Crippen LogP contribution in [0, 0.1) is 13.8 Å². The minimum absolute atomic E-state index is 1.16. The van der Waals surface area contributed by atoms with Crippen LogP contribution in [-0.2, 0) is 0 Å². The van der Waals surface area contributed by atoms with E-state index < -0.39 is 0 Å². The van der Waals surface area contributed by atoms with Gasteiger partial charge in [-0.25, -0.2) is 0 Å². The molecule has 0 atom stereocenters. The number of aryl methyl sites for hydroxylation is 1. The molecule has 0 fully saturated rings. The number of hydrogen-bond acceptors (Lipinski definition) is 1. The van der Waals surface area contributed by atoms with Gasteiger partial charge in [0.2, 0.25) is 0 Å². The van der Waals surface area contributed by atoms with Crippen LogP contribution in [0.4, 0.5) is 0 Å². The number of allylic oxidation sites excluding steroid dienone is 2. The normalized spacial score (nSPS) is 8.62. The predicted molar refractivity (Wildman–Crippen MR) is 75.6 cm³/mol. The van der Waals surface area contributed by atoms with E-state index in [-0.39, 0.29) is 0 Å². The Morgan fingerprint density at radius 3 is 2.12 bits per heavy atom. The molecule has 90 valence electrons. The zero-order valence-electron chi connectivity index (χ0n) is 11.5. The fraction of sp³-hybridized carbons (Fsp3) is 0.400. The summed E-state index contributed by atoms with van der Waals surface area (Å²) in [6.45, 7) is 15.8. The molecule has 0 aliphatic rings. The van der Waals surface area contributed by atoms with Gasteiger partial charge in [0.25, 0.3) is 0 Å². The lowest BCUT2D eigenvalue weighted by Crippen LogP contribution is -1.87. The summed E-state index contributed by atoms with van der Waals surface area (Å²) in [4.78, 5) is 4.11. The quantitative estimate of drug-likeness (QED) is 0.641. The number of aromatic nitrogens is 1. The third kappa shape index (κ3) is 6.18. The van der Waals surface area contributed by atoms with Gasteiger partial charge in [-0.15, -0.1) is 0 Å². The van der Waals surface area contributed by atoms with Crippen LogP contribution in [0.1, 0.15) is 44.4 Å². The van der Waals surface area contributed by atoms with Gasteiger partial charge in [-0.1, -0.05) is 52.5 Å². The van der Waals surface area contributed by atoms with E-state index in [2.05, 4.69) is 25.4 Å². The molecule has 0 spiro atoms. The molecule has 1 heteroatoms. The molecule has 0 aliphatic carbocycles. The van der Waals surface area contributed by atoms with Crippen molar-refractivity contribution in [1.82, 2.24) is 4.98 Å². The predicted octanol–water partition coefficient (Wildman–Crippen LogP) is 4.95. The van der Waals surface area contributed by atoms with Crippen molar-refractivity contribution in [3.63, 3.8) is 0 Å². The van der Waals surface area contributed by atoms with E-state index in [4.69, 9.17) is 0 Å². The molecule has 1 heterocycles. The summed E-state index contributed by atoms with van der Waals surface area (Å²) in [7, 11) is 0. The molecular formula is C15H25N. The number of pyridine rings is 1. The van der Waals surface area contributed by atoms with Gasteiger partial charge >= 0.3 is 0 Å². The maximum atomic E-state index is 4.11. The van der Waals surface area contributed by atoms with Crippen molar-refractivity contribution in [2.45, 2.75) is 41.5 Å². The zero-order chi connectivity index (χ0) is 13.0. The van der Waals surface area contributed by atoms with E-state index in [1.54, 1.807) is 6.08 Å². The average molecular weight is 219 g/mol. The molecule has 0 amide bonds. The topological polar surface area (TPSA) is 12.9 Å². The highest BCUT2D eigenvalue weighted by Crippen LogP contribution is 2.11. The van der Waals surface area contributed by atoms with Crippen molar-refractivity contribution in [2.24, 2.45) is 0 Å². The molecule has 16 heavy (non-hydrogen) atoms. The van der Waals surface area contributed by atoms with Crippen LogP contribution >= 0.6 is 0 Å². The highest BCUT2D eigenvalue weighted by atomic mass is 14.6. The maximum absolute atomic E-state index is 4.11. The smallest absolute Gasteiger partial charge is 0.0343 e. The maximum Gasteiger partial charge on any atom is 0.0343 e. The van der Waals surface area contributed by atoms with Crippen LogP contribution in [0.25, 0.3) is 6.08 Å². The summed E-state index contributed by atoms with van der Waals surface area (Å²) in [5.74, 6) is 0. The lowest BCUT2D eigenvalue weighted by molar-refractivity contribution is 1.20. The summed E-state index contributed by atoms with van der Waals surface area (Å²) in [6.07, 6.45) is 9.44. The van der Waals surface area contributed by atoms with Gasteiger partial charge in [0, 0.05) is 12.4 Å². The van der Waals surface area contributed by atoms with E-state index in [0.717, 1.165) is 5.56 Å². The molecule has 1 rings (SSSR count). The van der Waals surface area contributed by atoms with E-state index >= 15 is 0 Å². The zero-order valence-corrected chi connectivity index (χ0v) is 11.5. The Bertz CT molecular complexity index is 311. The van der Waals surface area contributed by atoms with Crippen LogP contribution in [-0.4, -0.2) is 4.98 Å². The number of nitrogens with zero attached hydrogens (tertiary/aromatic N) is 1. The second-order valence-electron chi connectivity index (χ2n) is 2.77. The van der Waals surface area contributed by atoms with E-state index in [1.807, 2.05) is 52.2 Å². The third-order valence-corrected chi connectivity index (χ3v) is 1.92. The van der Waals surface area contributed by atoms with E-state index in [0.29, 0.717) is 0 Å². The minimum Gasteiger partial charge on any atom is -0.264 e. The van der Waals surface area contributed by atoms with Crippen LogP contribution in [0.2, 0.25) is 0 Å².